The van der Waals surface area contributed by atoms with Gasteiger partial charge in [-0.3, -0.25) is 4.79 Å². The molecule has 0 heterocycles. The number of allylic oxidation sites excluding steroid dienone is 1. The summed E-state index contributed by atoms with van der Waals surface area (Å²) >= 11 is 0. The highest BCUT2D eigenvalue weighted by atomic mass is 16.1. The normalized spacial score (nSPS) is 10.8. The Bertz CT molecular complexity index is 639. The first kappa shape index (κ1) is 14.1. The van der Waals surface area contributed by atoms with Crippen molar-refractivity contribution in [2.45, 2.75) is 20.8 Å². The van der Waals surface area contributed by atoms with Gasteiger partial charge in [-0.1, -0.05) is 35.4 Å². The van der Waals surface area contributed by atoms with E-state index in [0.717, 1.165) is 22.4 Å². The van der Waals surface area contributed by atoms with Crippen LogP contribution in [0.25, 0.3) is 0 Å². The molecule has 0 atom stereocenters. The van der Waals surface area contributed by atoms with Crippen LogP contribution in [0.15, 0.2) is 54.7 Å². The second-order valence-electron chi connectivity index (χ2n) is 5.03. The zero-order valence-corrected chi connectivity index (χ0v) is 12.1. The van der Waals surface area contributed by atoms with Crippen LogP contribution in [-0.4, -0.2) is 5.78 Å². The molecule has 1 N–H and O–H groups in total. The van der Waals surface area contributed by atoms with Crippen molar-refractivity contribution in [3.8, 4) is 0 Å². The fourth-order valence-corrected chi connectivity index (χ4v) is 1.95. The number of carbonyl (C=O) groups excluding carboxylic acids is 1. The number of anilines is 1. The molecular formula is C18H19NO. The van der Waals surface area contributed by atoms with Gasteiger partial charge in [-0.25, -0.2) is 0 Å². The molecule has 2 aromatic rings. The van der Waals surface area contributed by atoms with E-state index in [1.807, 2.05) is 63.2 Å². The first-order chi connectivity index (χ1) is 9.56. The van der Waals surface area contributed by atoms with Crippen LogP contribution in [0.5, 0.6) is 0 Å². The zero-order chi connectivity index (χ0) is 14.5. The molecule has 20 heavy (non-hydrogen) atoms. The van der Waals surface area contributed by atoms with E-state index in [1.165, 1.54) is 5.56 Å². The Balaban J connectivity index is 2.05. The second-order valence-corrected chi connectivity index (χ2v) is 5.03. The molecule has 0 aliphatic heterocycles. The van der Waals surface area contributed by atoms with Crippen molar-refractivity contribution in [2.75, 3.05) is 5.32 Å². The number of benzene rings is 2. The van der Waals surface area contributed by atoms with E-state index in [4.69, 9.17) is 0 Å². The fourth-order valence-electron chi connectivity index (χ4n) is 1.95. The van der Waals surface area contributed by atoms with Gasteiger partial charge >= 0.3 is 0 Å². The van der Waals surface area contributed by atoms with Gasteiger partial charge in [-0.15, -0.1) is 0 Å². The van der Waals surface area contributed by atoms with Crippen LogP contribution in [0.4, 0.5) is 5.69 Å². The molecule has 0 aliphatic carbocycles. The molecule has 0 saturated heterocycles. The quantitative estimate of drug-likeness (QED) is 0.655. The average Bonchev–Trinajstić information content (AvgIpc) is 2.43. The number of aryl methyl sites for hydroxylation is 3. The molecule has 0 spiro atoms. The van der Waals surface area contributed by atoms with Crippen LogP contribution in [0.3, 0.4) is 0 Å². The van der Waals surface area contributed by atoms with Gasteiger partial charge in [0.1, 0.15) is 0 Å². The topological polar surface area (TPSA) is 29.1 Å². The van der Waals surface area contributed by atoms with Crippen molar-refractivity contribution >= 4 is 11.5 Å². The minimum absolute atomic E-state index is 0.0193. The lowest BCUT2D eigenvalue weighted by Crippen LogP contribution is -1.99. The standard InChI is InChI=1S/C18H19NO/c1-13-5-8-16(9-6-13)19-11-10-18(20)17-12-14(2)4-7-15(17)3/h4-12,19H,1-3H3. The highest BCUT2D eigenvalue weighted by molar-refractivity contribution is 6.05. The summed E-state index contributed by atoms with van der Waals surface area (Å²) in [5.74, 6) is 0.0193. The Hall–Kier alpha value is -2.35. The smallest absolute Gasteiger partial charge is 0.187 e. The number of hydrogen-bond donors (Lipinski definition) is 1. The van der Waals surface area contributed by atoms with Crippen LogP contribution >= 0.6 is 0 Å². The highest BCUT2D eigenvalue weighted by Crippen LogP contribution is 2.12. The minimum Gasteiger partial charge on any atom is -0.362 e. The van der Waals surface area contributed by atoms with E-state index >= 15 is 0 Å². The van der Waals surface area contributed by atoms with E-state index in [1.54, 1.807) is 12.3 Å². The average molecular weight is 265 g/mol. The van der Waals surface area contributed by atoms with Gasteiger partial charge in [0.15, 0.2) is 5.78 Å². The number of nitrogens with one attached hydrogen (secondary N) is 1. The van der Waals surface area contributed by atoms with Crippen molar-refractivity contribution in [1.29, 1.82) is 0 Å². The number of ketones is 1. The number of hydrogen-bond acceptors (Lipinski definition) is 2. The summed E-state index contributed by atoms with van der Waals surface area (Å²) in [7, 11) is 0. The molecule has 102 valence electrons. The van der Waals surface area contributed by atoms with Crippen molar-refractivity contribution < 1.29 is 4.79 Å². The monoisotopic (exact) mass is 265 g/mol. The van der Waals surface area contributed by atoms with Gasteiger partial charge in [0.05, 0.1) is 0 Å². The summed E-state index contributed by atoms with van der Waals surface area (Å²) in [5, 5.41) is 3.11. The Morgan fingerprint density at radius 3 is 2.30 bits per heavy atom. The predicted molar refractivity (Wildman–Crippen MR) is 84.2 cm³/mol. The lowest BCUT2D eigenvalue weighted by atomic mass is 10.0. The third-order valence-electron chi connectivity index (χ3n) is 3.19. The van der Waals surface area contributed by atoms with E-state index in [0.29, 0.717) is 0 Å². The van der Waals surface area contributed by atoms with E-state index in [9.17, 15) is 4.79 Å². The lowest BCUT2D eigenvalue weighted by molar-refractivity contribution is 0.104. The van der Waals surface area contributed by atoms with Gasteiger partial charge in [0.2, 0.25) is 0 Å². The Labute approximate surface area is 120 Å². The third-order valence-corrected chi connectivity index (χ3v) is 3.19. The van der Waals surface area contributed by atoms with Gasteiger partial charge in [0, 0.05) is 23.5 Å². The van der Waals surface area contributed by atoms with Crippen molar-refractivity contribution in [3.63, 3.8) is 0 Å². The summed E-state index contributed by atoms with van der Waals surface area (Å²) in [4.78, 5) is 12.1. The van der Waals surface area contributed by atoms with Gasteiger partial charge < -0.3 is 5.32 Å². The zero-order valence-electron chi connectivity index (χ0n) is 12.1. The van der Waals surface area contributed by atoms with E-state index < -0.39 is 0 Å². The van der Waals surface area contributed by atoms with E-state index in [2.05, 4.69) is 5.32 Å². The molecule has 0 unspecified atom stereocenters. The Morgan fingerprint density at radius 2 is 1.60 bits per heavy atom. The first-order valence-corrected chi connectivity index (χ1v) is 6.67. The van der Waals surface area contributed by atoms with Crippen LogP contribution < -0.4 is 5.32 Å². The van der Waals surface area contributed by atoms with Gasteiger partial charge in [0.25, 0.3) is 0 Å². The fraction of sp³-hybridized carbons (Fsp3) is 0.167. The molecule has 0 saturated carbocycles. The first-order valence-electron chi connectivity index (χ1n) is 6.67. The number of carbonyl (C=O) groups is 1. The molecule has 0 aromatic heterocycles. The minimum atomic E-state index is 0.0193. The van der Waals surface area contributed by atoms with Crippen LogP contribution in [0, 0.1) is 20.8 Å². The maximum atomic E-state index is 12.1. The van der Waals surface area contributed by atoms with E-state index in [-0.39, 0.29) is 5.78 Å². The summed E-state index contributed by atoms with van der Waals surface area (Å²) in [6.45, 7) is 5.99. The molecule has 0 aliphatic rings. The van der Waals surface area contributed by atoms with Gasteiger partial charge in [-0.05, 0) is 44.5 Å². The molecular weight excluding hydrogens is 246 g/mol. The molecule has 0 radical (unpaired) electrons. The van der Waals surface area contributed by atoms with Crippen LogP contribution in [-0.2, 0) is 0 Å². The summed E-state index contributed by atoms with van der Waals surface area (Å²) in [5.41, 5.74) is 5.04. The largest absolute Gasteiger partial charge is 0.362 e. The molecule has 0 amide bonds. The molecule has 2 heteroatoms. The Morgan fingerprint density at radius 1 is 0.950 bits per heavy atom. The van der Waals surface area contributed by atoms with Gasteiger partial charge in [-0.2, -0.15) is 0 Å². The summed E-state index contributed by atoms with van der Waals surface area (Å²) < 4.78 is 0. The van der Waals surface area contributed by atoms with Crippen molar-refractivity contribution in [3.05, 3.63) is 77.0 Å². The number of rotatable bonds is 4. The van der Waals surface area contributed by atoms with Crippen LogP contribution in [0.2, 0.25) is 0 Å². The summed E-state index contributed by atoms with van der Waals surface area (Å²) in [6, 6.07) is 14.0. The third kappa shape index (κ3) is 3.58. The molecule has 0 fully saturated rings. The lowest BCUT2D eigenvalue weighted by Gasteiger charge is -2.04. The van der Waals surface area contributed by atoms with Crippen LogP contribution in [0.1, 0.15) is 27.0 Å². The van der Waals surface area contributed by atoms with Crippen molar-refractivity contribution in [2.24, 2.45) is 0 Å². The summed E-state index contributed by atoms with van der Waals surface area (Å²) in [6.07, 6.45) is 3.26. The van der Waals surface area contributed by atoms with Crippen molar-refractivity contribution in [1.82, 2.24) is 0 Å². The molecule has 2 aromatic carbocycles. The molecule has 0 bridgehead atoms. The Kier molecular flexibility index (Phi) is 4.36. The maximum Gasteiger partial charge on any atom is 0.187 e. The molecule has 2 nitrogen and oxygen atoms in total. The predicted octanol–water partition coefficient (Wildman–Crippen LogP) is 4.42. The highest BCUT2D eigenvalue weighted by Gasteiger charge is 2.05. The molecule has 2 rings (SSSR count). The second kappa shape index (κ2) is 6.20. The SMILES string of the molecule is Cc1ccc(NC=CC(=O)c2cc(C)ccc2C)cc1. The maximum absolute atomic E-state index is 12.1.